The van der Waals surface area contributed by atoms with E-state index in [1.54, 1.807) is 12.1 Å². The van der Waals surface area contributed by atoms with Gasteiger partial charge in [0.15, 0.2) is 6.29 Å². The van der Waals surface area contributed by atoms with Crippen LogP contribution < -0.4 is 16.4 Å². The van der Waals surface area contributed by atoms with Crippen LogP contribution in [0.25, 0.3) is 11.1 Å². The number of carbonyl (C=O) groups is 2. The Morgan fingerprint density at radius 3 is 2.23 bits per heavy atom. The first-order chi connectivity index (χ1) is 27.4. The smallest absolute Gasteiger partial charge is 0.224 e. The maximum absolute atomic E-state index is 12.6. The predicted molar refractivity (Wildman–Crippen MR) is 223 cm³/mol. The number of amides is 2. The van der Waals surface area contributed by atoms with Crippen LogP contribution in [0.4, 0.5) is 11.4 Å². The highest BCUT2D eigenvalue weighted by atomic mass is 16.7. The normalized spacial score (nSPS) is 18.5. The molecule has 6 rings (SSSR count). The third kappa shape index (κ3) is 11.9. The Kier molecular flexibility index (Phi) is 15.3. The average molecular weight is 759 g/mol. The van der Waals surface area contributed by atoms with Crippen molar-refractivity contribution in [3.05, 3.63) is 132 Å². The number of aliphatic hydroxyl groups is 1. The monoisotopic (exact) mass is 758 g/mol. The molecule has 0 radical (unpaired) electrons. The number of nitrogen functional groups attached to an aromatic ring is 1. The number of hydrogen-bond donors (Lipinski definition) is 4. The molecule has 2 fully saturated rings. The molecule has 3 unspecified atom stereocenters. The Labute approximate surface area is 332 Å². The quantitative estimate of drug-likeness (QED) is 0.0427. The van der Waals surface area contributed by atoms with Gasteiger partial charge in [0, 0.05) is 50.5 Å². The lowest BCUT2D eigenvalue weighted by molar-refractivity contribution is -0.253. The molecule has 1 saturated carbocycles. The number of nitrogens with one attached hydrogen (secondary N) is 2. The average Bonchev–Trinajstić information content (AvgIpc) is 3.78. The molecule has 4 aromatic rings. The Bertz CT molecular complexity index is 1860. The van der Waals surface area contributed by atoms with Gasteiger partial charge >= 0.3 is 0 Å². The van der Waals surface area contributed by atoms with E-state index in [9.17, 15) is 14.7 Å². The molecule has 56 heavy (non-hydrogen) atoms. The van der Waals surface area contributed by atoms with Crippen molar-refractivity contribution in [2.45, 2.75) is 108 Å². The Morgan fingerprint density at radius 1 is 0.804 bits per heavy atom. The topological polar surface area (TPSA) is 126 Å². The summed E-state index contributed by atoms with van der Waals surface area (Å²) in [5.41, 5.74) is 13.2. The Hall–Kier alpha value is -4.80. The van der Waals surface area contributed by atoms with Crippen molar-refractivity contribution in [2.75, 3.05) is 24.1 Å². The minimum Gasteiger partial charge on any atom is -0.397 e. The Balaban J connectivity index is 0.994. The molecule has 2 amide bonds. The van der Waals surface area contributed by atoms with Gasteiger partial charge in [0.25, 0.3) is 0 Å². The zero-order valence-corrected chi connectivity index (χ0v) is 32.5. The van der Waals surface area contributed by atoms with E-state index in [2.05, 4.69) is 70.6 Å². The van der Waals surface area contributed by atoms with E-state index in [0.717, 1.165) is 78.6 Å². The zero-order chi connectivity index (χ0) is 39.1. The molecule has 2 aliphatic rings. The minimum atomic E-state index is -0.514. The van der Waals surface area contributed by atoms with Crippen LogP contribution in [0.1, 0.15) is 105 Å². The van der Waals surface area contributed by atoms with Crippen LogP contribution >= 0.6 is 0 Å². The number of benzene rings is 4. The van der Waals surface area contributed by atoms with E-state index in [1.165, 1.54) is 25.7 Å². The first-order valence-electron chi connectivity index (χ1n) is 20.3. The maximum atomic E-state index is 12.6. The van der Waals surface area contributed by atoms with Gasteiger partial charge in [-0.2, -0.15) is 0 Å². The fourth-order valence-electron chi connectivity index (χ4n) is 7.83. The van der Waals surface area contributed by atoms with Gasteiger partial charge in [0.05, 0.1) is 30.2 Å². The molecular weight excluding hydrogens is 701 g/mol. The lowest BCUT2D eigenvalue weighted by Crippen LogP contribution is -2.43. The standard InChI is InChI=1S/C47H58N4O5/c1-2-28-51(40-14-7-8-15-40)32-41-30-44(37-22-20-34(33-52)21-23-37)56-47(55-41)38-26-24-36(25-27-38)39-13-11-12-35(29-39)31-49-45(53)18-5-3-4-6-19-46(54)50-43-17-10-9-16-42(43)48/h2,9-13,16-17,20-27,29,40-41,44,47,52H,1,3-8,14-15,18-19,28,30-33,48H2,(H,49,53)(H,50,54). The predicted octanol–water partition coefficient (Wildman–Crippen LogP) is 9.00. The maximum Gasteiger partial charge on any atom is 0.224 e. The fraction of sp³-hybridized carbons (Fsp3) is 0.404. The van der Waals surface area contributed by atoms with Crippen molar-refractivity contribution in [1.82, 2.24) is 10.2 Å². The lowest BCUT2D eigenvalue weighted by Gasteiger charge is -2.39. The highest BCUT2D eigenvalue weighted by Gasteiger charge is 2.34. The summed E-state index contributed by atoms with van der Waals surface area (Å²) in [5, 5.41) is 15.5. The van der Waals surface area contributed by atoms with Gasteiger partial charge in [-0.15, -0.1) is 6.58 Å². The molecule has 5 N–H and O–H groups in total. The highest BCUT2D eigenvalue weighted by molar-refractivity contribution is 5.93. The van der Waals surface area contributed by atoms with Crippen LogP contribution in [-0.4, -0.2) is 47.1 Å². The number of hydrogen-bond acceptors (Lipinski definition) is 7. The summed E-state index contributed by atoms with van der Waals surface area (Å²) in [6, 6.07) is 32.5. The molecule has 4 aromatic carbocycles. The second-order valence-electron chi connectivity index (χ2n) is 15.2. The zero-order valence-electron chi connectivity index (χ0n) is 32.5. The molecule has 0 bridgehead atoms. The second kappa shape index (κ2) is 20.9. The highest BCUT2D eigenvalue weighted by Crippen LogP contribution is 2.39. The molecule has 9 nitrogen and oxygen atoms in total. The largest absolute Gasteiger partial charge is 0.397 e. The fourth-order valence-corrected chi connectivity index (χ4v) is 7.83. The molecule has 3 atom stereocenters. The number of unbranched alkanes of at least 4 members (excludes halogenated alkanes) is 3. The number of nitrogens with zero attached hydrogens (tertiary/aromatic N) is 1. The van der Waals surface area contributed by atoms with Crippen molar-refractivity contribution in [3.8, 4) is 11.1 Å². The van der Waals surface area contributed by atoms with Crippen LogP contribution in [0.2, 0.25) is 0 Å². The van der Waals surface area contributed by atoms with E-state index < -0.39 is 6.29 Å². The molecule has 9 heteroatoms. The number of aliphatic hydroxyl groups excluding tert-OH is 1. The lowest BCUT2D eigenvalue weighted by atomic mass is 9.98. The number of para-hydroxylation sites is 2. The van der Waals surface area contributed by atoms with E-state index in [-0.39, 0.29) is 30.6 Å². The van der Waals surface area contributed by atoms with Crippen LogP contribution in [-0.2, 0) is 32.2 Å². The molecular formula is C47H58N4O5. The van der Waals surface area contributed by atoms with Gasteiger partial charge in [-0.25, -0.2) is 0 Å². The molecule has 1 saturated heterocycles. The molecule has 1 aliphatic carbocycles. The van der Waals surface area contributed by atoms with Gasteiger partial charge in [-0.1, -0.05) is 111 Å². The summed E-state index contributed by atoms with van der Waals surface area (Å²) in [6.07, 6.45) is 11.3. The summed E-state index contributed by atoms with van der Waals surface area (Å²) in [4.78, 5) is 27.4. The summed E-state index contributed by atoms with van der Waals surface area (Å²) in [6.45, 7) is 6.19. The van der Waals surface area contributed by atoms with Gasteiger partial charge in [-0.3, -0.25) is 14.5 Å². The SMILES string of the molecule is C=CCN(CC1CC(c2ccc(CO)cc2)OC(c2ccc(-c3cccc(CNC(=O)CCCCCCC(=O)Nc4ccccc4N)c3)cc2)O1)C1CCCC1. The van der Waals surface area contributed by atoms with E-state index in [0.29, 0.717) is 36.8 Å². The van der Waals surface area contributed by atoms with Crippen molar-refractivity contribution < 1.29 is 24.2 Å². The molecule has 0 aromatic heterocycles. The van der Waals surface area contributed by atoms with E-state index >= 15 is 0 Å². The van der Waals surface area contributed by atoms with Crippen molar-refractivity contribution >= 4 is 23.2 Å². The molecule has 296 valence electrons. The van der Waals surface area contributed by atoms with Gasteiger partial charge in [0.2, 0.25) is 11.8 Å². The first-order valence-corrected chi connectivity index (χ1v) is 20.3. The second-order valence-corrected chi connectivity index (χ2v) is 15.2. The van der Waals surface area contributed by atoms with Crippen LogP contribution in [0.5, 0.6) is 0 Å². The van der Waals surface area contributed by atoms with Crippen molar-refractivity contribution in [2.24, 2.45) is 0 Å². The van der Waals surface area contributed by atoms with Gasteiger partial charge in [-0.05, 0) is 71.7 Å². The van der Waals surface area contributed by atoms with Crippen LogP contribution in [0.3, 0.4) is 0 Å². The van der Waals surface area contributed by atoms with Gasteiger partial charge in [0.1, 0.15) is 0 Å². The third-order valence-electron chi connectivity index (χ3n) is 11.0. The number of anilines is 2. The minimum absolute atomic E-state index is 0.0116. The van der Waals surface area contributed by atoms with Crippen molar-refractivity contribution in [3.63, 3.8) is 0 Å². The first kappa shape index (κ1) is 40.9. The number of nitrogens with two attached hydrogens (primary N) is 1. The molecule has 0 spiro atoms. The molecule has 1 heterocycles. The summed E-state index contributed by atoms with van der Waals surface area (Å²) in [7, 11) is 0. The summed E-state index contributed by atoms with van der Waals surface area (Å²) < 4.78 is 13.4. The number of rotatable bonds is 19. The Morgan fingerprint density at radius 2 is 1.52 bits per heavy atom. The van der Waals surface area contributed by atoms with E-state index in [1.807, 2.05) is 42.5 Å². The van der Waals surface area contributed by atoms with Crippen LogP contribution in [0.15, 0.2) is 110 Å². The van der Waals surface area contributed by atoms with Crippen molar-refractivity contribution in [1.29, 1.82) is 0 Å². The summed E-state index contributed by atoms with van der Waals surface area (Å²) >= 11 is 0. The van der Waals surface area contributed by atoms with Gasteiger partial charge < -0.3 is 30.9 Å². The number of ether oxygens (including phenoxy) is 2. The summed E-state index contributed by atoms with van der Waals surface area (Å²) in [5.74, 6) is -0.0159. The number of carbonyl (C=O) groups excluding carboxylic acids is 2. The van der Waals surface area contributed by atoms with Crippen LogP contribution in [0, 0.1) is 0 Å². The molecule has 1 aliphatic heterocycles. The third-order valence-corrected chi connectivity index (χ3v) is 11.0. The van der Waals surface area contributed by atoms with E-state index in [4.69, 9.17) is 15.2 Å².